The van der Waals surface area contributed by atoms with E-state index in [1.54, 1.807) is 29.4 Å². The first kappa shape index (κ1) is 13.0. The summed E-state index contributed by atoms with van der Waals surface area (Å²) in [5.74, 6) is 0.108. The average molecular weight is 273 g/mol. The highest BCUT2D eigenvalue weighted by Gasteiger charge is 2.23. The molecule has 0 N–H and O–H groups in total. The first-order chi connectivity index (χ1) is 9.78. The molecule has 1 aromatic heterocycles. The van der Waals surface area contributed by atoms with Crippen molar-refractivity contribution in [2.45, 2.75) is 12.8 Å². The second-order valence-electron chi connectivity index (χ2n) is 5.15. The van der Waals surface area contributed by atoms with Crippen molar-refractivity contribution in [3.8, 4) is 0 Å². The number of likely N-dealkylation sites (tertiary alicyclic amines) is 1. The van der Waals surface area contributed by atoms with Crippen LogP contribution in [0.1, 0.15) is 23.2 Å². The summed E-state index contributed by atoms with van der Waals surface area (Å²) in [5.41, 5.74) is 2.12. The van der Waals surface area contributed by atoms with E-state index >= 15 is 0 Å². The van der Waals surface area contributed by atoms with E-state index in [2.05, 4.69) is 9.97 Å². The van der Waals surface area contributed by atoms with Crippen molar-refractivity contribution < 1.29 is 9.18 Å². The van der Waals surface area contributed by atoms with Gasteiger partial charge in [-0.05, 0) is 37.0 Å². The average Bonchev–Trinajstić information content (AvgIpc) is 2.54. The van der Waals surface area contributed by atoms with Crippen LogP contribution in [0.4, 0.5) is 4.39 Å². The van der Waals surface area contributed by atoms with Crippen LogP contribution in [-0.2, 0) is 0 Å². The molecule has 1 aliphatic rings. The molecule has 2 heterocycles. The highest BCUT2D eigenvalue weighted by atomic mass is 19.1. The maximum absolute atomic E-state index is 12.6. The summed E-state index contributed by atoms with van der Waals surface area (Å²) >= 11 is 0. The highest BCUT2D eigenvalue weighted by Crippen LogP contribution is 2.20. The first-order valence-electron chi connectivity index (χ1n) is 6.84. The zero-order chi connectivity index (χ0) is 13.9. The van der Waals surface area contributed by atoms with E-state index in [1.807, 2.05) is 6.07 Å². The van der Waals surface area contributed by atoms with Crippen molar-refractivity contribution in [1.29, 1.82) is 0 Å². The van der Waals surface area contributed by atoms with E-state index in [1.165, 1.54) is 0 Å². The zero-order valence-electron chi connectivity index (χ0n) is 11.1. The molecule has 3 rings (SSSR count). The van der Waals surface area contributed by atoms with Crippen molar-refractivity contribution in [2.75, 3.05) is 19.8 Å². The molecule has 104 valence electrons. The predicted octanol–water partition coefficient (Wildman–Crippen LogP) is 2.45. The molecule has 1 aromatic carbocycles. The Bertz CT molecular complexity index is 623. The number of hydrogen-bond donors (Lipinski definition) is 0. The predicted molar refractivity (Wildman–Crippen MR) is 74.1 cm³/mol. The van der Waals surface area contributed by atoms with Gasteiger partial charge in [-0.1, -0.05) is 0 Å². The summed E-state index contributed by atoms with van der Waals surface area (Å²) in [6.07, 6.45) is 4.74. The summed E-state index contributed by atoms with van der Waals surface area (Å²) in [5, 5.41) is 0. The van der Waals surface area contributed by atoms with Crippen LogP contribution >= 0.6 is 0 Å². The van der Waals surface area contributed by atoms with Gasteiger partial charge in [-0.15, -0.1) is 0 Å². The van der Waals surface area contributed by atoms with Crippen LogP contribution in [0, 0.1) is 5.92 Å². The van der Waals surface area contributed by atoms with Gasteiger partial charge in [0.25, 0.3) is 5.91 Å². The van der Waals surface area contributed by atoms with Gasteiger partial charge in [-0.2, -0.15) is 0 Å². The Hall–Kier alpha value is -2.04. The standard InChI is InChI=1S/C15H16FN3O/c16-10-11-3-7-19(8-4-11)15(20)12-1-2-13-14(9-12)18-6-5-17-13/h1-2,5-6,9,11H,3-4,7-8,10H2. The van der Waals surface area contributed by atoms with E-state index in [0.29, 0.717) is 18.7 Å². The lowest BCUT2D eigenvalue weighted by molar-refractivity contribution is 0.0678. The van der Waals surface area contributed by atoms with Gasteiger partial charge >= 0.3 is 0 Å². The number of piperidine rings is 1. The molecule has 0 saturated carbocycles. The molecule has 20 heavy (non-hydrogen) atoms. The molecule has 5 heteroatoms. The summed E-state index contributed by atoms with van der Waals surface area (Å²) in [6, 6.07) is 5.36. The second-order valence-corrected chi connectivity index (χ2v) is 5.15. The molecule has 1 fully saturated rings. The maximum Gasteiger partial charge on any atom is 0.253 e. The van der Waals surface area contributed by atoms with Crippen molar-refractivity contribution in [2.24, 2.45) is 5.92 Å². The summed E-state index contributed by atoms with van der Waals surface area (Å²) in [6.45, 7) is 0.978. The Morgan fingerprint density at radius 3 is 2.60 bits per heavy atom. The summed E-state index contributed by atoms with van der Waals surface area (Å²) < 4.78 is 12.6. The fraction of sp³-hybridized carbons (Fsp3) is 0.400. The van der Waals surface area contributed by atoms with Gasteiger partial charge in [-0.25, -0.2) is 0 Å². The van der Waals surface area contributed by atoms with Crippen LogP contribution in [0.5, 0.6) is 0 Å². The lowest BCUT2D eigenvalue weighted by Crippen LogP contribution is -2.38. The van der Waals surface area contributed by atoms with Crippen LogP contribution < -0.4 is 0 Å². The number of rotatable bonds is 2. The number of nitrogens with zero attached hydrogens (tertiary/aromatic N) is 3. The number of fused-ring (bicyclic) bond motifs is 1. The van der Waals surface area contributed by atoms with E-state index in [4.69, 9.17) is 0 Å². The topological polar surface area (TPSA) is 46.1 Å². The van der Waals surface area contributed by atoms with Crippen molar-refractivity contribution >= 4 is 16.9 Å². The number of benzene rings is 1. The molecule has 0 atom stereocenters. The van der Waals surface area contributed by atoms with Gasteiger partial charge in [0.15, 0.2) is 0 Å². The number of hydrogen-bond acceptors (Lipinski definition) is 3. The third-order valence-electron chi connectivity index (χ3n) is 3.84. The van der Waals surface area contributed by atoms with Crippen LogP contribution in [0.25, 0.3) is 11.0 Å². The largest absolute Gasteiger partial charge is 0.339 e. The summed E-state index contributed by atoms with van der Waals surface area (Å²) in [7, 11) is 0. The fourth-order valence-electron chi connectivity index (χ4n) is 2.57. The number of carbonyl (C=O) groups excluding carboxylic acids is 1. The maximum atomic E-state index is 12.6. The normalized spacial score (nSPS) is 16.6. The van der Waals surface area contributed by atoms with E-state index in [9.17, 15) is 9.18 Å². The number of carbonyl (C=O) groups is 1. The van der Waals surface area contributed by atoms with Crippen LogP contribution in [0.3, 0.4) is 0 Å². The van der Waals surface area contributed by atoms with E-state index in [0.717, 1.165) is 23.9 Å². The molecule has 0 bridgehead atoms. The van der Waals surface area contributed by atoms with E-state index < -0.39 is 0 Å². The molecule has 1 amide bonds. The Morgan fingerprint density at radius 1 is 1.20 bits per heavy atom. The van der Waals surface area contributed by atoms with Crippen LogP contribution in [0.2, 0.25) is 0 Å². The van der Waals surface area contributed by atoms with Gasteiger partial charge in [-0.3, -0.25) is 19.2 Å². The Balaban J connectivity index is 1.79. The SMILES string of the molecule is O=C(c1ccc2nccnc2c1)N1CCC(CF)CC1. The van der Waals surface area contributed by atoms with Gasteiger partial charge in [0, 0.05) is 31.0 Å². The molecule has 0 radical (unpaired) electrons. The van der Waals surface area contributed by atoms with E-state index in [-0.39, 0.29) is 18.5 Å². The minimum atomic E-state index is -0.284. The molecular weight excluding hydrogens is 257 g/mol. The van der Waals surface area contributed by atoms with Gasteiger partial charge in [0.05, 0.1) is 17.7 Å². The van der Waals surface area contributed by atoms with Crippen LogP contribution in [-0.4, -0.2) is 40.5 Å². The molecule has 0 spiro atoms. The number of alkyl halides is 1. The highest BCUT2D eigenvalue weighted by molar-refractivity contribution is 5.97. The smallest absolute Gasteiger partial charge is 0.253 e. The molecule has 1 saturated heterocycles. The first-order valence-corrected chi connectivity index (χ1v) is 6.84. The Labute approximate surface area is 116 Å². The van der Waals surface area contributed by atoms with Gasteiger partial charge in [0.2, 0.25) is 0 Å². The quantitative estimate of drug-likeness (QED) is 0.844. The zero-order valence-corrected chi connectivity index (χ0v) is 11.1. The Kier molecular flexibility index (Phi) is 3.58. The lowest BCUT2D eigenvalue weighted by atomic mass is 9.98. The number of amides is 1. The molecule has 1 aliphatic heterocycles. The molecule has 0 aliphatic carbocycles. The van der Waals surface area contributed by atoms with Crippen LogP contribution in [0.15, 0.2) is 30.6 Å². The van der Waals surface area contributed by atoms with Gasteiger partial charge < -0.3 is 4.90 Å². The van der Waals surface area contributed by atoms with Crippen molar-refractivity contribution in [3.63, 3.8) is 0 Å². The third-order valence-corrected chi connectivity index (χ3v) is 3.84. The van der Waals surface area contributed by atoms with Crippen molar-refractivity contribution in [3.05, 3.63) is 36.2 Å². The molecule has 4 nitrogen and oxygen atoms in total. The fourth-order valence-corrected chi connectivity index (χ4v) is 2.57. The Morgan fingerprint density at radius 2 is 1.90 bits per heavy atom. The monoisotopic (exact) mass is 273 g/mol. The van der Waals surface area contributed by atoms with Crippen molar-refractivity contribution in [1.82, 2.24) is 14.9 Å². The molecule has 0 unspecified atom stereocenters. The second kappa shape index (κ2) is 5.53. The minimum Gasteiger partial charge on any atom is -0.339 e. The number of halogens is 1. The summed E-state index contributed by atoms with van der Waals surface area (Å²) in [4.78, 5) is 22.6. The molecule has 2 aromatic rings. The third kappa shape index (κ3) is 2.48. The lowest BCUT2D eigenvalue weighted by Gasteiger charge is -2.30. The molecular formula is C15H16FN3O. The number of aromatic nitrogens is 2. The van der Waals surface area contributed by atoms with Gasteiger partial charge in [0.1, 0.15) is 0 Å². The minimum absolute atomic E-state index is 0.00476.